The van der Waals surface area contributed by atoms with Crippen molar-refractivity contribution in [3.8, 4) is 0 Å². The second-order valence-electron chi connectivity index (χ2n) is 6.79. The van der Waals surface area contributed by atoms with Crippen LogP contribution in [0.4, 0.5) is 14.6 Å². The van der Waals surface area contributed by atoms with Crippen molar-refractivity contribution < 1.29 is 28.8 Å². The van der Waals surface area contributed by atoms with Crippen LogP contribution in [0, 0.1) is 18.6 Å². The summed E-state index contributed by atoms with van der Waals surface area (Å²) < 4.78 is 35.1. The Labute approximate surface area is 163 Å². The van der Waals surface area contributed by atoms with E-state index in [1.165, 1.54) is 29.4 Å². The van der Waals surface area contributed by atoms with Gasteiger partial charge in [0.1, 0.15) is 36.3 Å². The molecule has 154 valence electrons. The fraction of sp³-hybridized carbons (Fsp3) is 0.389. The van der Waals surface area contributed by atoms with Crippen LogP contribution in [0.25, 0.3) is 11.2 Å². The maximum atomic E-state index is 14.2. The molecule has 4 N–H and O–H groups in total. The molecule has 4 rings (SSSR count). The number of hydrogen-bond acceptors (Lipinski definition) is 8. The highest BCUT2D eigenvalue weighted by molar-refractivity contribution is 5.82. The van der Waals surface area contributed by atoms with Crippen molar-refractivity contribution in [1.29, 1.82) is 0 Å². The summed E-state index contributed by atoms with van der Waals surface area (Å²) in [5, 5.41) is 32.3. The molecule has 0 radical (unpaired) electrons. The van der Waals surface area contributed by atoms with Crippen LogP contribution in [-0.2, 0) is 11.3 Å². The van der Waals surface area contributed by atoms with Gasteiger partial charge in [-0.25, -0.2) is 23.7 Å². The van der Waals surface area contributed by atoms with E-state index in [9.17, 15) is 24.1 Å². The number of benzene rings is 1. The molecule has 1 fully saturated rings. The zero-order valence-corrected chi connectivity index (χ0v) is 15.3. The fourth-order valence-corrected chi connectivity index (χ4v) is 3.33. The lowest BCUT2D eigenvalue weighted by Crippen LogP contribution is -2.33. The number of nitrogens with zero attached hydrogens (tertiary/aromatic N) is 4. The van der Waals surface area contributed by atoms with Gasteiger partial charge in [-0.05, 0) is 18.6 Å². The SMILES string of the molecule is Cc1ccc(F)c(CNc2ncnc3c2ncn3[C@@H]2O[C@H](CO)[C@@H](O)[C@H]2O)c1F. The monoisotopic (exact) mass is 407 g/mol. The molecule has 0 amide bonds. The van der Waals surface area contributed by atoms with Crippen LogP contribution >= 0.6 is 0 Å². The molecular weight excluding hydrogens is 388 g/mol. The first-order chi connectivity index (χ1) is 13.9. The molecule has 29 heavy (non-hydrogen) atoms. The number of hydrogen-bond donors (Lipinski definition) is 4. The zero-order valence-electron chi connectivity index (χ0n) is 15.3. The largest absolute Gasteiger partial charge is 0.394 e. The third kappa shape index (κ3) is 3.31. The van der Waals surface area contributed by atoms with E-state index in [0.717, 1.165) is 0 Å². The van der Waals surface area contributed by atoms with Crippen molar-refractivity contribution in [2.24, 2.45) is 0 Å². The summed E-state index contributed by atoms with van der Waals surface area (Å²) in [6.45, 7) is 0.923. The number of aliphatic hydroxyl groups excluding tert-OH is 3. The van der Waals surface area contributed by atoms with Crippen LogP contribution in [0.1, 0.15) is 17.4 Å². The van der Waals surface area contributed by atoms with E-state index in [0.29, 0.717) is 11.1 Å². The van der Waals surface area contributed by atoms with E-state index in [-0.39, 0.29) is 23.6 Å². The molecule has 11 heteroatoms. The number of aromatic nitrogens is 4. The maximum Gasteiger partial charge on any atom is 0.167 e. The van der Waals surface area contributed by atoms with Crippen molar-refractivity contribution >= 4 is 17.0 Å². The molecule has 0 bridgehead atoms. The fourth-order valence-electron chi connectivity index (χ4n) is 3.33. The molecule has 1 aromatic carbocycles. The van der Waals surface area contributed by atoms with Gasteiger partial charge in [0.2, 0.25) is 0 Å². The second kappa shape index (κ2) is 7.59. The topological polar surface area (TPSA) is 126 Å². The van der Waals surface area contributed by atoms with E-state index in [2.05, 4.69) is 20.3 Å². The summed E-state index contributed by atoms with van der Waals surface area (Å²) >= 11 is 0. The van der Waals surface area contributed by atoms with Crippen molar-refractivity contribution in [1.82, 2.24) is 19.5 Å². The van der Waals surface area contributed by atoms with E-state index in [1.54, 1.807) is 6.92 Å². The average molecular weight is 407 g/mol. The molecule has 2 aromatic heterocycles. The molecule has 0 aliphatic carbocycles. The number of nitrogens with one attached hydrogen (secondary N) is 1. The van der Waals surface area contributed by atoms with Gasteiger partial charge in [0.15, 0.2) is 23.2 Å². The van der Waals surface area contributed by atoms with Crippen LogP contribution in [0.15, 0.2) is 24.8 Å². The van der Waals surface area contributed by atoms with Gasteiger partial charge in [-0.3, -0.25) is 4.57 Å². The van der Waals surface area contributed by atoms with E-state index in [1.807, 2.05) is 0 Å². The lowest BCUT2D eigenvalue weighted by atomic mass is 10.1. The Morgan fingerprint density at radius 3 is 2.69 bits per heavy atom. The van der Waals surface area contributed by atoms with E-state index in [4.69, 9.17) is 4.74 Å². The number of rotatable bonds is 5. The standard InChI is InChI=1S/C18H19F2N5O4/c1-8-2-3-10(19)9(12(8)20)4-21-16-13-17(23-6-22-16)25(7-24-13)18-15(28)14(27)11(5-26)29-18/h2-3,6-7,11,14-15,18,26-28H,4-5H2,1H3,(H,21,22,23)/t11-,14-,15-,18-/m1/s1. The minimum Gasteiger partial charge on any atom is -0.394 e. The average Bonchev–Trinajstić information content (AvgIpc) is 3.26. The van der Waals surface area contributed by atoms with Crippen LogP contribution in [0.2, 0.25) is 0 Å². The smallest absolute Gasteiger partial charge is 0.167 e. The zero-order chi connectivity index (χ0) is 20.7. The number of ether oxygens (including phenoxy) is 1. The number of aryl methyl sites for hydroxylation is 1. The van der Waals surface area contributed by atoms with E-state index >= 15 is 0 Å². The van der Waals surface area contributed by atoms with Gasteiger partial charge in [-0.15, -0.1) is 0 Å². The minimum absolute atomic E-state index is 0.125. The number of imidazole rings is 1. The van der Waals surface area contributed by atoms with Crippen LogP contribution in [0.3, 0.4) is 0 Å². The van der Waals surface area contributed by atoms with Crippen molar-refractivity contribution in [3.63, 3.8) is 0 Å². The predicted molar refractivity (Wildman–Crippen MR) is 96.8 cm³/mol. The number of fused-ring (bicyclic) bond motifs is 1. The highest BCUT2D eigenvalue weighted by atomic mass is 19.1. The van der Waals surface area contributed by atoms with Gasteiger partial charge in [-0.2, -0.15) is 0 Å². The Kier molecular flexibility index (Phi) is 5.13. The van der Waals surface area contributed by atoms with Crippen molar-refractivity contribution in [2.75, 3.05) is 11.9 Å². The van der Waals surface area contributed by atoms with Crippen LogP contribution in [-0.4, -0.2) is 59.8 Å². The number of anilines is 1. The summed E-state index contributed by atoms with van der Waals surface area (Å²) in [6.07, 6.45) is -1.95. The Bertz CT molecular complexity index is 1050. The molecule has 3 aromatic rings. The molecule has 0 unspecified atom stereocenters. The molecule has 0 saturated carbocycles. The van der Waals surface area contributed by atoms with Gasteiger partial charge < -0.3 is 25.4 Å². The van der Waals surface area contributed by atoms with Crippen LogP contribution < -0.4 is 5.32 Å². The van der Waals surface area contributed by atoms with Gasteiger partial charge in [0.05, 0.1) is 12.9 Å². The molecule has 9 nitrogen and oxygen atoms in total. The Morgan fingerprint density at radius 1 is 1.17 bits per heavy atom. The highest BCUT2D eigenvalue weighted by Gasteiger charge is 2.44. The molecule has 0 spiro atoms. The molecular formula is C18H19F2N5O4. The summed E-state index contributed by atoms with van der Waals surface area (Å²) in [6, 6.07) is 2.56. The Balaban J connectivity index is 1.63. The van der Waals surface area contributed by atoms with Gasteiger partial charge in [0, 0.05) is 12.1 Å². The van der Waals surface area contributed by atoms with Gasteiger partial charge in [-0.1, -0.05) is 6.07 Å². The summed E-state index contributed by atoms with van der Waals surface area (Å²) in [7, 11) is 0. The quantitative estimate of drug-likeness (QED) is 0.486. The first-order valence-electron chi connectivity index (χ1n) is 8.89. The van der Waals surface area contributed by atoms with Crippen molar-refractivity contribution in [2.45, 2.75) is 38.0 Å². The molecule has 1 aliphatic heterocycles. The maximum absolute atomic E-state index is 14.2. The minimum atomic E-state index is -1.30. The lowest BCUT2D eigenvalue weighted by Gasteiger charge is -2.16. The Hall–Kier alpha value is -2.73. The van der Waals surface area contributed by atoms with Crippen LogP contribution in [0.5, 0.6) is 0 Å². The summed E-state index contributed by atoms with van der Waals surface area (Å²) in [4.78, 5) is 12.4. The summed E-state index contributed by atoms with van der Waals surface area (Å²) in [5.74, 6) is -1.08. The number of aliphatic hydroxyl groups is 3. The van der Waals surface area contributed by atoms with E-state index < -0.39 is 42.8 Å². The number of halogens is 2. The Morgan fingerprint density at radius 2 is 1.97 bits per heavy atom. The third-order valence-electron chi connectivity index (χ3n) is 4.96. The van der Waals surface area contributed by atoms with Crippen molar-refractivity contribution in [3.05, 3.63) is 47.5 Å². The first kappa shape index (κ1) is 19.6. The van der Waals surface area contributed by atoms with Gasteiger partial charge >= 0.3 is 0 Å². The molecule has 3 heterocycles. The lowest BCUT2D eigenvalue weighted by molar-refractivity contribution is -0.0511. The second-order valence-corrected chi connectivity index (χ2v) is 6.79. The predicted octanol–water partition coefficient (Wildman–Crippen LogP) is 0.637. The molecule has 4 atom stereocenters. The normalized spacial score (nSPS) is 24.3. The first-order valence-corrected chi connectivity index (χ1v) is 8.89. The molecule has 1 saturated heterocycles. The van der Waals surface area contributed by atoms with Gasteiger partial charge in [0.25, 0.3) is 0 Å². The molecule has 1 aliphatic rings. The third-order valence-corrected chi connectivity index (χ3v) is 4.96. The highest BCUT2D eigenvalue weighted by Crippen LogP contribution is 2.32. The summed E-state index contributed by atoms with van der Waals surface area (Å²) in [5.41, 5.74) is 0.769.